The molecule has 2 aromatic heterocycles. The predicted octanol–water partition coefficient (Wildman–Crippen LogP) is -0.458. The maximum atomic E-state index is 12.6. The number of fused-ring (bicyclic) bond motifs is 1. The van der Waals surface area contributed by atoms with Crippen molar-refractivity contribution in [3.8, 4) is 0 Å². The Morgan fingerprint density at radius 2 is 1.83 bits per heavy atom. The summed E-state index contributed by atoms with van der Waals surface area (Å²) >= 11 is 0.908. The van der Waals surface area contributed by atoms with Crippen LogP contribution in [0.25, 0.3) is 10.2 Å². The number of aromatic carboxylic acids is 2. The summed E-state index contributed by atoms with van der Waals surface area (Å²) in [5, 5.41) is 22.1. The highest BCUT2D eigenvalue weighted by Gasteiger charge is 2.15. The topological polar surface area (TPSA) is 115 Å². The lowest BCUT2D eigenvalue weighted by Crippen LogP contribution is -2.23. The number of nitrogens with zero attached hydrogens (tertiary/aromatic N) is 2. The highest BCUT2D eigenvalue weighted by atomic mass is 32.1. The highest BCUT2D eigenvalue weighted by molar-refractivity contribution is 7.20. The van der Waals surface area contributed by atoms with E-state index in [0.29, 0.717) is 16.0 Å². The monoisotopic (exact) mass is 342 g/mol. The van der Waals surface area contributed by atoms with Gasteiger partial charge in [0.2, 0.25) is 0 Å². The molecule has 7 nitrogen and oxygen atoms in total. The zero-order chi connectivity index (χ0) is 17.4. The van der Waals surface area contributed by atoms with E-state index in [2.05, 4.69) is 4.98 Å². The summed E-state index contributed by atoms with van der Waals surface area (Å²) in [6.07, 6.45) is 1.34. The van der Waals surface area contributed by atoms with Crippen LogP contribution >= 0.6 is 11.3 Å². The van der Waals surface area contributed by atoms with Gasteiger partial charge in [-0.1, -0.05) is 24.3 Å². The van der Waals surface area contributed by atoms with Crippen molar-refractivity contribution in [2.24, 2.45) is 0 Å². The van der Waals surface area contributed by atoms with E-state index in [1.807, 2.05) is 0 Å². The number of benzene rings is 1. The fourth-order valence-corrected chi connectivity index (χ4v) is 3.38. The van der Waals surface area contributed by atoms with Gasteiger partial charge in [0.05, 0.1) is 35.1 Å². The second-order valence-electron chi connectivity index (χ2n) is 5.19. The smallest absolute Gasteiger partial charge is 0.262 e. The standard InChI is InChI=1S/C16H12N2O5S/c1-8-11-13(24-12(8)16(22)23)17-7-18(14(11)19)6-9-2-4-10(5-3-9)15(20)21/h2-5,7H,6H2,1H3,(H,20,21)(H,22,23)/p-2. The Bertz CT molecular complexity index is 1020. The van der Waals surface area contributed by atoms with Gasteiger partial charge in [0.25, 0.3) is 5.56 Å². The molecule has 0 aliphatic rings. The molecule has 0 saturated carbocycles. The fraction of sp³-hybridized carbons (Fsp3) is 0.125. The van der Waals surface area contributed by atoms with Crippen molar-refractivity contribution in [2.75, 3.05) is 0 Å². The lowest BCUT2D eigenvalue weighted by Gasteiger charge is -2.07. The predicted molar refractivity (Wildman–Crippen MR) is 82.8 cm³/mol. The average molecular weight is 342 g/mol. The van der Waals surface area contributed by atoms with E-state index in [9.17, 15) is 24.6 Å². The fourth-order valence-electron chi connectivity index (χ4n) is 2.41. The molecule has 0 atom stereocenters. The molecule has 0 aliphatic heterocycles. The summed E-state index contributed by atoms with van der Waals surface area (Å²) < 4.78 is 1.34. The Balaban J connectivity index is 2.03. The second kappa shape index (κ2) is 5.89. The molecular formula is C16H10N2O5S-2. The maximum absolute atomic E-state index is 12.6. The Labute approximate surface area is 139 Å². The minimum absolute atomic E-state index is 0.00865. The van der Waals surface area contributed by atoms with E-state index in [1.165, 1.54) is 23.0 Å². The molecule has 0 spiro atoms. The van der Waals surface area contributed by atoms with Crippen LogP contribution in [-0.2, 0) is 6.54 Å². The molecule has 0 radical (unpaired) electrons. The Morgan fingerprint density at radius 1 is 1.17 bits per heavy atom. The van der Waals surface area contributed by atoms with Crippen LogP contribution in [0.1, 0.15) is 31.2 Å². The number of aromatic nitrogens is 2. The Morgan fingerprint density at radius 3 is 2.42 bits per heavy atom. The zero-order valence-corrected chi connectivity index (χ0v) is 13.3. The van der Waals surface area contributed by atoms with Gasteiger partial charge in [-0.15, -0.1) is 11.3 Å². The van der Waals surface area contributed by atoms with Gasteiger partial charge in [0.1, 0.15) is 4.83 Å². The van der Waals surface area contributed by atoms with Crippen molar-refractivity contribution in [1.29, 1.82) is 0 Å². The van der Waals surface area contributed by atoms with Gasteiger partial charge >= 0.3 is 0 Å². The highest BCUT2D eigenvalue weighted by Crippen LogP contribution is 2.26. The number of carboxylic acids is 2. The SMILES string of the molecule is Cc1c(C(=O)[O-])sc2ncn(Cc3ccc(C(=O)[O-])cc3)c(=O)c12. The lowest BCUT2D eigenvalue weighted by atomic mass is 10.1. The van der Waals surface area contributed by atoms with E-state index in [1.54, 1.807) is 19.1 Å². The van der Waals surface area contributed by atoms with Crippen LogP contribution in [0.2, 0.25) is 0 Å². The molecule has 0 N–H and O–H groups in total. The van der Waals surface area contributed by atoms with E-state index in [0.717, 1.165) is 11.3 Å². The Hall–Kier alpha value is -3.00. The molecule has 0 amide bonds. The largest absolute Gasteiger partial charge is 0.545 e. The van der Waals surface area contributed by atoms with Crippen molar-refractivity contribution in [1.82, 2.24) is 9.55 Å². The normalized spacial score (nSPS) is 10.9. The second-order valence-corrected chi connectivity index (χ2v) is 6.18. The van der Waals surface area contributed by atoms with Crippen LogP contribution in [0, 0.1) is 6.92 Å². The molecule has 0 bridgehead atoms. The first-order valence-corrected chi connectivity index (χ1v) is 7.70. The molecule has 1 aromatic carbocycles. The Kier molecular flexibility index (Phi) is 3.90. The number of carbonyl (C=O) groups is 2. The summed E-state index contributed by atoms with van der Waals surface area (Å²) in [7, 11) is 0. The average Bonchev–Trinajstić information content (AvgIpc) is 2.88. The molecule has 122 valence electrons. The van der Waals surface area contributed by atoms with Gasteiger partial charge in [0.15, 0.2) is 0 Å². The van der Waals surface area contributed by atoms with Gasteiger partial charge in [-0.25, -0.2) is 4.98 Å². The summed E-state index contributed by atoms with van der Waals surface area (Å²) in [5.74, 6) is -2.61. The zero-order valence-electron chi connectivity index (χ0n) is 12.4. The van der Waals surface area contributed by atoms with Crippen LogP contribution in [0.4, 0.5) is 0 Å². The molecule has 2 heterocycles. The van der Waals surface area contributed by atoms with Crippen LogP contribution in [-0.4, -0.2) is 21.5 Å². The molecule has 8 heteroatoms. The van der Waals surface area contributed by atoms with E-state index in [-0.39, 0.29) is 27.9 Å². The van der Waals surface area contributed by atoms with Crippen molar-refractivity contribution in [2.45, 2.75) is 13.5 Å². The lowest BCUT2D eigenvalue weighted by molar-refractivity contribution is -0.255. The first kappa shape index (κ1) is 15.9. The third kappa shape index (κ3) is 2.67. The van der Waals surface area contributed by atoms with E-state index < -0.39 is 11.9 Å². The van der Waals surface area contributed by atoms with E-state index >= 15 is 0 Å². The molecule has 3 aromatic rings. The van der Waals surface area contributed by atoms with Gasteiger partial charge in [0, 0.05) is 0 Å². The number of carboxylic acid groups (broad SMARTS) is 2. The van der Waals surface area contributed by atoms with Crippen LogP contribution in [0.3, 0.4) is 0 Å². The first-order valence-electron chi connectivity index (χ1n) is 6.88. The van der Waals surface area contributed by atoms with Gasteiger partial charge < -0.3 is 19.8 Å². The van der Waals surface area contributed by atoms with Gasteiger partial charge in [-0.2, -0.15) is 0 Å². The van der Waals surface area contributed by atoms with Crippen LogP contribution in [0.5, 0.6) is 0 Å². The van der Waals surface area contributed by atoms with Crippen molar-refractivity contribution >= 4 is 33.5 Å². The number of thiophene rings is 1. The van der Waals surface area contributed by atoms with Crippen molar-refractivity contribution in [3.63, 3.8) is 0 Å². The third-order valence-electron chi connectivity index (χ3n) is 3.65. The number of carbonyl (C=O) groups excluding carboxylic acids is 2. The molecular weight excluding hydrogens is 332 g/mol. The number of rotatable bonds is 4. The molecule has 0 saturated heterocycles. The third-order valence-corrected chi connectivity index (χ3v) is 4.83. The van der Waals surface area contributed by atoms with Crippen LogP contribution < -0.4 is 15.8 Å². The number of hydrogen-bond acceptors (Lipinski definition) is 7. The van der Waals surface area contributed by atoms with Gasteiger partial charge in [-0.05, 0) is 23.6 Å². The number of hydrogen-bond donors (Lipinski definition) is 0. The molecule has 24 heavy (non-hydrogen) atoms. The summed E-state index contributed by atoms with van der Waals surface area (Å²) in [6.45, 7) is 1.73. The molecule has 0 aliphatic carbocycles. The molecule has 3 rings (SSSR count). The minimum atomic E-state index is -1.33. The number of aryl methyl sites for hydroxylation is 1. The van der Waals surface area contributed by atoms with E-state index in [4.69, 9.17) is 0 Å². The summed E-state index contributed by atoms with van der Waals surface area (Å²) in [5.41, 5.74) is 0.739. The summed E-state index contributed by atoms with van der Waals surface area (Å²) in [4.78, 5) is 38.9. The molecule has 0 fully saturated rings. The first-order chi connectivity index (χ1) is 11.4. The summed E-state index contributed by atoms with van der Waals surface area (Å²) in [6, 6.07) is 5.95. The minimum Gasteiger partial charge on any atom is -0.545 e. The van der Waals surface area contributed by atoms with Gasteiger partial charge in [-0.3, -0.25) is 9.36 Å². The quantitative estimate of drug-likeness (QED) is 0.634. The van der Waals surface area contributed by atoms with Crippen molar-refractivity contribution < 1.29 is 19.8 Å². The van der Waals surface area contributed by atoms with Crippen molar-refractivity contribution in [3.05, 3.63) is 62.5 Å². The van der Waals surface area contributed by atoms with Crippen LogP contribution in [0.15, 0.2) is 35.4 Å². The maximum Gasteiger partial charge on any atom is 0.262 e. The molecule has 0 unspecified atom stereocenters.